The Kier molecular flexibility index (Phi) is 6.32. The number of rotatable bonds is 6. The number of H-pyrrole nitrogens is 1. The molecule has 1 aliphatic heterocycles. The Morgan fingerprint density at radius 2 is 1.74 bits per heavy atom. The summed E-state index contributed by atoms with van der Waals surface area (Å²) >= 11 is 0. The predicted octanol–water partition coefficient (Wildman–Crippen LogP) is 4.70. The van der Waals surface area contributed by atoms with Crippen molar-refractivity contribution in [1.29, 1.82) is 0 Å². The van der Waals surface area contributed by atoms with Gasteiger partial charge in [0.15, 0.2) is 0 Å². The van der Waals surface area contributed by atoms with E-state index in [2.05, 4.69) is 20.6 Å². The van der Waals surface area contributed by atoms with Crippen molar-refractivity contribution in [3.63, 3.8) is 0 Å². The molecule has 3 aromatic rings. The van der Waals surface area contributed by atoms with Crippen molar-refractivity contribution < 1.29 is 17.4 Å². The highest BCUT2D eigenvalue weighted by Gasteiger charge is 2.20. The minimum atomic E-state index is -3.99. The van der Waals surface area contributed by atoms with Gasteiger partial charge < -0.3 is 19.4 Å². The number of carbonyl (C=O) groups excluding carboxylic acids is 1. The lowest BCUT2D eigenvalue weighted by Crippen LogP contribution is -2.38. The summed E-state index contributed by atoms with van der Waals surface area (Å²) in [5, 5.41) is 6.23. The summed E-state index contributed by atoms with van der Waals surface area (Å²) in [6, 6.07) is 11.7. The molecular formula is C24H29N5O4S. The highest BCUT2D eigenvalue weighted by Crippen LogP contribution is 2.26. The van der Waals surface area contributed by atoms with Crippen LogP contribution in [0.5, 0.6) is 5.75 Å². The summed E-state index contributed by atoms with van der Waals surface area (Å²) in [4.78, 5) is 21.7. The summed E-state index contributed by atoms with van der Waals surface area (Å²) in [6.45, 7) is 1.47. The van der Waals surface area contributed by atoms with Gasteiger partial charge in [0, 0.05) is 30.9 Å². The zero-order valence-electron chi connectivity index (χ0n) is 18.9. The largest absolute Gasteiger partial charge is 0.382 e. The summed E-state index contributed by atoms with van der Waals surface area (Å²) in [5.74, 6) is 0.481. The summed E-state index contributed by atoms with van der Waals surface area (Å²) in [5.41, 5.74) is 2.07. The minimum absolute atomic E-state index is 0.0867. The fourth-order valence-electron chi connectivity index (χ4n) is 4.58. The standard InChI is InChI=1S/C24H29N5O4S/c30-24(29-14-4-1-5-15-29)28-23-26-21-13-10-19(16-22(21)27-23)33-34(31,32)20-11-8-18(9-12-20)25-17-6-2-3-7-17/h8-13,16-17,25H,1-7,14-15H2,(H2,26,27,28,30). The number of hydrogen-bond donors (Lipinski definition) is 3. The van der Waals surface area contributed by atoms with E-state index in [1.165, 1.54) is 12.8 Å². The van der Waals surface area contributed by atoms with Gasteiger partial charge in [-0.15, -0.1) is 0 Å². The molecule has 1 saturated carbocycles. The van der Waals surface area contributed by atoms with Crippen molar-refractivity contribution in [3.05, 3.63) is 42.5 Å². The lowest BCUT2D eigenvalue weighted by molar-refractivity contribution is 0.200. The first-order chi connectivity index (χ1) is 16.5. The molecule has 1 saturated heterocycles. The number of carbonyl (C=O) groups is 1. The molecule has 10 heteroatoms. The molecule has 5 rings (SSSR count). The number of likely N-dealkylation sites (tertiary alicyclic amines) is 1. The van der Waals surface area contributed by atoms with E-state index >= 15 is 0 Å². The maximum atomic E-state index is 12.8. The van der Waals surface area contributed by atoms with E-state index < -0.39 is 10.1 Å². The van der Waals surface area contributed by atoms with Crippen LogP contribution in [0.2, 0.25) is 0 Å². The van der Waals surface area contributed by atoms with E-state index in [1.54, 1.807) is 47.4 Å². The summed E-state index contributed by atoms with van der Waals surface area (Å²) < 4.78 is 30.9. The van der Waals surface area contributed by atoms with Crippen molar-refractivity contribution >= 4 is 38.8 Å². The van der Waals surface area contributed by atoms with Gasteiger partial charge in [0.05, 0.1) is 11.0 Å². The zero-order chi connectivity index (χ0) is 23.5. The Labute approximate surface area is 199 Å². The van der Waals surface area contributed by atoms with Gasteiger partial charge in [0.2, 0.25) is 5.95 Å². The van der Waals surface area contributed by atoms with Gasteiger partial charge in [-0.05, 0) is 68.5 Å². The maximum absolute atomic E-state index is 12.8. The number of anilines is 2. The molecular weight excluding hydrogens is 454 g/mol. The molecule has 0 unspecified atom stereocenters. The van der Waals surface area contributed by atoms with E-state index in [0.29, 0.717) is 23.0 Å². The van der Waals surface area contributed by atoms with Crippen LogP contribution in [0.15, 0.2) is 47.4 Å². The molecule has 180 valence electrons. The Hall–Kier alpha value is -3.27. The third-order valence-corrected chi connectivity index (χ3v) is 7.66. The van der Waals surface area contributed by atoms with Gasteiger partial charge in [-0.3, -0.25) is 5.32 Å². The van der Waals surface area contributed by atoms with Crippen molar-refractivity contribution in [1.82, 2.24) is 14.9 Å². The number of nitrogens with one attached hydrogen (secondary N) is 3. The Morgan fingerprint density at radius 1 is 1.00 bits per heavy atom. The van der Waals surface area contributed by atoms with E-state index in [1.807, 2.05) is 0 Å². The quantitative estimate of drug-likeness (QED) is 0.438. The van der Waals surface area contributed by atoms with Crippen LogP contribution in [0.3, 0.4) is 0 Å². The smallest absolute Gasteiger partial charge is 0.339 e. The van der Waals surface area contributed by atoms with E-state index in [9.17, 15) is 13.2 Å². The maximum Gasteiger partial charge on any atom is 0.339 e. The van der Waals surface area contributed by atoms with Gasteiger partial charge >= 0.3 is 16.1 Å². The minimum Gasteiger partial charge on any atom is -0.382 e. The number of aromatic amines is 1. The molecule has 2 aliphatic rings. The number of fused-ring (bicyclic) bond motifs is 1. The molecule has 34 heavy (non-hydrogen) atoms. The first-order valence-electron chi connectivity index (χ1n) is 11.8. The second-order valence-electron chi connectivity index (χ2n) is 8.93. The molecule has 9 nitrogen and oxygen atoms in total. The van der Waals surface area contributed by atoms with Gasteiger partial charge in [0.1, 0.15) is 10.6 Å². The number of urea groups is 1. The monoisotopic (exact) mass is 483 g/mol. The number of imidazole rings is 1. The number of amides is 2. The van der Waals surface area contributed by atoms with Crippen LogP contribution < -0.4 is 14.8 Å². The van der Waals surface area contributed by atoms with Gasteiger partial charge in [-0.25, -0.2) is 9.78 Å². The van der Waals surface area contributed by atoms with E-state index in [4.69, 9.17) is 4.18 Å². The van der Waals surface area contributed by atoms with Crippen LogP contribution in [0.4, 0.5) is 16.4 Å². The Morgan fingerprint density at radius 3 is 2.47 bits per heavy atom. The van der Waals surface area contributed by atoms with Crippen molar-refractivity contribution in [2.24, 2.45) is 0 Å². The van der Waals surface area contributed by atoms with E-state index in [-0.39, 0.29) is 16.7 Å². The normalized spacial score (nSPS) is 17.1. The van der Waals surface area contributed by atoms with Crippen molar-refractivity contribution in [2.75, 3.05) is 23.7 Å². The first kappa shape index (κ1) is 22.5. The van der Waals surface area contributed by atoms with Crippen LogP contribution in [0, 0.1) is 0 Å². The average Bonchev–Trinajstić information content (AvgIpc) is 3.49. The SMILES string of the molecule is O=C(Nc1nc2ccc(OS(=O)(=O)c3ccc(NC4CCCC4)cc3)cc2[nH]1)N1CCCCC1. The molecule has 0 spiro atoms. The predicted molar refractivity (Wildman–Crippen MR) is 131 cm³/mol. The van der Waals surface area contributed by atoms with E-state index in [0.717, 1.165) is 50.9 Å². The molecule has 3 N–H and O–H groups in total. The topological polar surface area (TPSA) is 116 Å². The Bertz CT molecular complexity index is 1260. The highest BCUT2D eigenvalue weighted by atomic mass is 32.2. The number of aromatic nitrogens is 2. The highest BCUT2D eigenvalue weighted by molar-refractivity contribution is 7.87. The molecule has 2 heterocycles. The van der Waals surface area contributed by atoms with Gasteiger partial charge in [0.25, 0.3) is 0 Å². The molecule has 0 bridgehead atoms. The average molecular weight is 484 g/mol. The summed E-state index contributed by atoms with van der Waals surface area (Å²) in [7, 11) is -3.99. The molecule has 1 aromatic heterocycles. The number of benzene rings is 2. The number of nitrogens with zero attached hydrogens (tertiary/aromatic N) is 2. The lowest BCUT2D eigenvalue weighted by atomic mass is 10.1. The molecule has 2 amide bonds. The molecule has 0 radical (unpaired) electrons. The van der Waals surface area contributed by atoms with Gasteiger partial charge in [-0.1, -0.05) is 12.8 Å². The number of hydrogen-bond acceptors (Lipinski definition) is 6. The first-order valence-corrected chi connectivity index (χ1v) is 13.2. The fraction of sp³-hybridized carbons (Fsp3) is 0.417. The molecule has 2 fully saturated rings. The van der Waals surface area contributed by atoms with Crippen LogP contribution >= 0.6 is 0 Å². The zero-order valence-corrected chi connectivity index (χ0v) is 19.7. The summed E-state index contributed by atoms with van der Waals surface area (Å²) in [6.07, 6.45) is 7.88. The third-order valence-electron chi connectivity index (χ3n) is 6.40. The van der Waals surface area contributed by atoms with Crippen molar-refractivity contribution in [2.45, 2.75) is 55.9 Å². The second kappa shape index (κ2) is 9.54. The van der Waals surface area contributed by atoms with Crippen LogP contribution in [-0.2, 0) is 10.1 Å². The molecule has 0 atom stereocenters. The second-order valence-corrected chi connectivity index (χ2v) is 10.5. The van der Waals surface area contributed by atoms with Crippen LogP contribution in [-0.4, -0.2) is 48.4 Å². The Balaban J connectivity index is 1.25. The fourth-order valence-corrected chi connectivity index (χ4v) is 5.50. The van der Waals surface area contributed by atoms with Crippen LogP contribution in [0.25, 0.3) is 11.0 Å². The van der Waals surface area contributed by atoms with Crippen LogP contribution in [0.1, 0.15) is 44.9 Å². The van der Waals surface area contributed by atoms with Crippen molar-refractivity contribution in [3.8, 4) is 5.75 Å². The molecule has 1 aliphatic carbocycles. The third kappa shape index (κ3) is 5.11. The molecule has 2 aromatic carbocycles. The lowest BCUT2D eigenvalue weighted by Gasteiger charge is -2.26. The van der Waals surface area contributed by atoms with Gasteiger partial charge in [-0.2, -0.15) is 8.42 Å². The number of piperidine rings is 1.